The molecular formula is C14H20F3N3O. The van der Waals surface area contributed by atoms with E-state index in [1.807, 2.05) is 6.92 Å². The maximum absolute atomic E-state index is 13.0. The van der Waals surface area contributed by atoms with Gasteiger partial charge >= 0.3 is 6.18 Å². The molecule has 1 aromatic heterocycles. The van der Waals surface area contributed by atoms with Crippen molar-refractivity contribution >= 4 is 5.78 Å². The normalized spacial score (nSPS) is 23.2. The van der Waals surface area contributed by atoms with E-state index < -0.39 is 18.0 Å². The maximum Gasteiger partial charge on any atom is 0.392 e. The Labute approximate surface area is 121 Å². The van der Waals surface area contributed by atoms with Gasteiger partial charge in [0.2, 0.25) is 0 Å². The molecular weight excluding hydrogens is 283 g/mol. The van der Waals surface area contributed by atoms with E-state index in [0.717, 1.165) is 6.42 Å². The Bertz CT molecular complexity index is 484. The van der Waals surface area contributed by atoms with Crippen LogP contribution in [-0.4, -0.2) is 26.7 Å². The molecule has 1 aliphatic rings. The second-order valence-corrected chi connectivity index (χ2v) is 5.58. The minimum Gasteiger partial charge on any atom is -0.299 e. The highest BCUT2D eigenvalue weighted by Gasteiger charge is 2.47. The van der Waals surface area contributed by atoms with E-state index in [4.69, 9.17) is 0 Å². The van der Waals surface area contributed by atoms with Crippen molar-refractivity contribution in [3.8, 4) is 0 Å². The second-order valence-electron chi connectivity index (χ2n) is 5.58. The number of aryl methyl sites for hydroxylation is 1. The van der Waals surface area contributed by atoms with Crippen LogP contribution in [0.5, 0.6) is 0 Å². The van der Waals surface area contributed by atoms with Crippen molar-refractivity contribution in [3.63, 3.8) is 0 Å². The third kappa shape index (κ3) is 3.83. The quantitative estimate of drug-likeness (QED) is 0.839. The van der Waals surface area contributed by atoms with Gasteiger partial charge in [0.05, 0.1) is 12.3 Å². The summed E-state index contributed by atoms with van der Waals surface area (Å²) in [5.74, 6) is -2.32. The van der Waals surface area contributed by atoms with E-state index in [-0.39, 0.29) is 18.6 Å². The summed E-state index contributed by atoms with van der Waals surface area (Å²) >= 11 is 0. The molecule has 0 saturated heterocycles. The number of rotatable bonds is 5. The van der Waals surface area contributed by atoms with Crippen molar-refractivity contribution < 1.29 is 18.0 Å². The lowest BCUT2D eigenvalue weighted by molar-refractivity contribution is -0.197. The fourth-order valence-corrected chi connectivity index (χ4v) is 3.02. The van der Waals surface area contributed by atoms with Gasteiger partial charge in [0.15, 0.2) is 0 Å². The van der Waals surface area contributed by atoms with Crippen LogP contribution >= 0.6 is 0 Å². The number of carbonyl (C=O) groups is 1. The van der Waals surface area contributed by atoms with Crippen molar-refractivity contribution in [1.29, 1.82) is 0 Å². The zero-order chi connectivity index (χ0) is 15.5. The molecule has 2 rings (SSSR count). The van der Waals surface area contributed by atoms with Gasteiger partial charge in [0.25, 0.3) is 0 Å². The summed E-state index contributed by atoms with van der Waals surface area (Å²) in [4.78, 5) is 16.3. The van der Waals surface area contributed by atoms with E-state index in [1.54, 1.807) is 4.68 Å². The molecule has 2 unspecified atom stereocenters. The minimum absolute atomic E-state index is 0.0571. The smallest absolute Gasteiger partial charge is 0.299 e. The molecule has 2 atom stereocenters. The molecule has 0 amide bonds. The molecule has 118 valence electrons. The van der Waals surface area contributed by atoms with Gasteiger partial charge in [-0.2, -0.15) is 18.3 Å². The number of hydrogen-bond donors (Lipinski definition) is 0. The zero-order valence-corrected chi connectivity index (χ0v) is 12.1. The molecule has 0 bridgehead atoms. The lowest BCUT2D eigenvalue weighted by Gasteiger charge is -2.31. The van der Waals surface area contributed by atoms with Gasteiger partial charge in [-0.15, -0.1) is 0 Å². The number of aromatic nitrogens is 3. The van der Waals surface area contributed by atoms with Crippen molar-refractivity contribution in [3.05, 3.63) is 12.2 Å². The van der Waals surface area contributed by atoms with Crippen molar-refractivity contribution in [2.75, 3.05) is 0 Å². The summed E-state index contributed by atoms with van der Waals surface area (Å²) in [5.41, 5.74) is 0. The highest BCUT2D eigenvalue weighted by Crippen LogP contribution is 2.42. The lowest BCUT2D eigenvalue weighted by atomic mass is 9.76. The number of hydrogen-bond acceptors (Lipinski definition) is 3. The molecule has 0 radical (unpaired) electrons. The van der Waals surface area contributed by atoms with Crippen LogP contribution in [0.1, 0.15) is 44.9 Å². The third-order valence-corrected chi connectivity index (χ3v) is 4.06. The van der Waals surface area contributed by atoms with Gasteiger partial charge in [-0.1, -0.05) is 19.8 Å². The first-order valence-electron chi connectivity index (χ1n) is 7.39. The first-order chi connectivity index (χ1) is 9.93. The summed E-state index contributed by atoms with van der Waals surface area (Å²) in [6.07, 6.45) is -0.564. The molecule has 21 heavy (non-hydrogen) atoms. The number of halogens is 3. The summed E-state index contributed by atoms with van der Waals surface area (Å²) in [7, 11) is 0. The number of ketones is 1. The molecule has 1 aliphatic carbocycles. The van der Waals surface area contributed by atoms with Gasteiger partial charge in [-0.3, -0.25) is 4.79 Å². The topological polar surface area (TPSA) is 47.8 Å². The SMILES string of the molecule is CCCn1ncnc1CC(=O)C1CCCCC1C(F)(F)F. The highest BCUT2D eigenvalue weighted by molar-refractivity contribution is 5.83. The molecule has 4 nitrogen and oxygen atoms in total. The van der Waals surface area contributed by atoms with Crippen LogP contribution in [-0.2, 0) is 17.8 Å². The maximum atomic E-state index is 13.0. The summed E-state index contributed by atoms with van der Waals surface area (Å²) in [6.45, 7) is 2.59. The molecule has 1 fully saturated rings. The lowest BCUT2D eigenvalue weighted by Crippen LogP contribution is -2.38. The Morgan fingerprint density at radius 2 is 2.10 bits per heavy atom. The fraction of sp³-hybridized carbons (Fsp3) is 0.786. The van der Waals surface area contributed by atoms with Crippen LogP contribution in [0.25, 0.3) is 0 Å². The number of carbonyl (C=O) groups excluding carboxylic acids is 1. The average molecular weight is 303 g/mol. The minimum atomic E-state index is -4.29. The average Bonchev–Trinajstić information content (AvgIpc) is 2.85. The molecule has 0 aliphatic heterocycles. The van der Waals surface area contributed by atoms with Crippen molar-refractivity contribution in [2.45, 2.75) is 58.2 Å². The Morgan fingerprint density at radius 1 is 1.38 bits per heavy atom. The molecule has 1 heterocycles. The number of alkyl halides is 3. The first-order valence-corrected chi connectivity index (χ1v) is 7.39. The Kier molecular flexibility index (Phi) is 5.00. The highest BCUT2D eigenvalue weighted by atomic mass is 19.4. The number of Topliss-reactive ketones (excluding diaryl/α,β-unsaturated/α-hetero) is 1. The predicted octanol–water partition coefficient (Wildman–Crippen LogP) is 3.17. The summed E-state index contributed by atoms with van der Waals surface area (Å²) in [5, 5.41) is 4.00. The second kappa shape index (κ2) is 6.58. The third-order valence-electron chi connectivity index (χ3n) is 4.06. The first kappa shape index (κ1) is 16.0. The van der Waals surface area contributed by atoms with Crippen LogP contribution in [0, 0.1) is 11.8 Å². The van der Waals surface area contributed by atoms with Crippen molar-refractivity contribution in [1.82, 2.24) is 14.8 Å². The Balaban J connectivity index is 2.09. The molecule has 1 saturated carbocycles. The van der Waals surface area contributed by atoms with E-state index in [9.17, 15) is 18.0 Å². The summed E-state index contributed by atoms with van der Waals surface area (Å²) in [6, 6.07) is 0. The van der Waals surface area contributed by atoms with E-state index in [2.05, 4.69) is 10.1 Å². The molecule has 0 aromatic carbocycles. The standard InChI is InChI=1S/C14H20F3N3O/c1-2-7-20-13(18-9-19-20)8-12(21)10-5-3-4-6-11(10)14(15,16)17/h9-11H,2-8H2,1H3. The van der Waals surface area contributed by atoms with Crippen LogP contribution < -0.4 is 0 Å². The van der Waals surface area contributed by atoms with E-state index in [0.29, 0.717) is 31.6 Å². The van der Waals surface area contributed by atoms with Gasteiger partial charge in [-0.05, 0) is 19.3 Å². The van der Waals surface area contributed by atoms with Crippen LogP contribution in [0.3, 0.4) is 0 Å². The monoisotopic (exact) mass is 303 g/mol. The van der Waals surface area contributed by atoms with Crippen LogP contribution in [0.15, 0.2) is 6.33 Å². The van der Waals surface area contributed by atoms with E-state index in [1.165, 1.54) is 6.33 Å². The predicted molar refractivity (Wildman–Crippen MR) is 70.5 cm³/mol. The fourth-order valence-electron chi connectivity index (χ4n) is 3.02. The van der Waals surface area contributed by atoms with E-state index >= 15 is 0 Å². The van der Waals surface area contributed by atoms with Crippen molar-refractivity contribution in [2.24, 2.45) is 11.8 Å². The molecule has 1 aromatic rings. The van der Waals surface area contributed by atoms with Crippen LogP contribution in [0.2, 0.25) is 0 Å². The molecule has 0 spiro atoms. The molecule has 0 N–H and O–H groups in total. The van der Waals surface area contributed by atoms with Gasteiger partial charge in [0, 0.05) is 12.5 Å². The number of nitrogens with zero attached hydrogens (tertiary/aromatic N) is 3. The summed E-state index contributed by atoms with van der Waals surface area (Å²) < 4.78 is 40.7. The Morgan fingerprint density at radius 3 is 2.76 bits per heavy atom. The zero-order valence-electron chi connectivity index (χ0n) is 12.1. The largest absolute Gasteiger partial charge is 0.392 e. The van der Waals surface area contributed by atoms with Gasteiger partial charge < -0.3 is 0 Å². The molecule has 7 heteroatoms. The van der Waals surface area contributed by atoms with Crippen LogP contribution in [0.4, 0.5) is 13.2 Å². The van der Waals surface area contributed by atoms with Gasteiger partial charge in [-0.25, -0.2) is 9.67 Å². The Hall–Kier alpha value is -1.40. The van der Waals surface area contributed by atoms with Gasteiger partial charge in [0.1, 0.15) is 17.9 Å².